The van der Waals surface area contributed by atoms with Gasteiger partial charge >= 0.3 is 0 Å². The summed E-state index contributed by atoms with van der Waals surface area (Å²) in [5.41, 5.74) is 7.36. The molecule has 0 spiro atoms. The van der Waals surface area contributed by atoms with Crippen LogP contribution in [0.5, 0.6) is 0 Å². The van der Waals surface area contributed by atoms with Crippen LogP contribution in [0, 0.1) is 0 Å². The standard InChI is InChI=1S/C13H21N3O2/c1-10(2)16(7-8-17)9-11-5-3-4-6-12(11)13(14)15-18/h3-6,10,17-18H,7-9H2,1-2H3,(H2,14,15). The molecule has 0 aliphatic rings. The van der Waals surface area contributed by atoms with Crippen molar-refractivity contribution in [3.63, 3.8) is 0 Å². The summed E-state index contributed by atoms with van der Waals surface area (Å²) in [6.45, 7) is 5.51. The Balaban J connectivity index is 2.95. The number of hydrogen-bond donors (Lipinski definition) is 3. The maximum atomic E-state index is 9.06. The third-order valence-electron chi connectivity index (χ3n) is 2.89. The van der Waals surface area contributed by atoms with Gasteiger partial charge in [0.15, 0.2) is 5.84 Å². The van der Waals surface area contributed by atoms with Gasteiger partial charge in [-0.3, -0.25) is 4.90 Å². The fourth-order valence-electron chi connectivity index (χ4n) is 1.83. The first-order valence-electron chi connectivity index (χ1n) is 6.00. The minimum Gasteiger partial charge on any atom is -0.409 e. The highest BCUT2D eigenvalue weighted by atomic mass is 16.4. The molecule has 0 saturated heterocycles. The van der Waals surface area contributed by atoms with Gasteiger partial charge in [-0.25, -0.2) is 0 Å². The van der Waals surface area contributed by atoms with Crippen molar-refractivity contribution >= 4 is 5.84 Å². The first-order valence-corrected chi connectivity index (χ1v) is 6.00. The van der Waals surface area contributed by atoms with Crippen LogP contribution in [-0.2, 0) is 6.54 Å². The molecule has 1 rings (SSSR count). The van der Waals surface area contributed by atoms with Gasteiger partial charge < -0.3 is 16.0 Å². The number of aliphatic hydroxyl groups is 1. The first-order chi connectivity index (χ1) is 8.60. The van der Waals surface area contributed by atoms with Gasteiger partial charge in [-0.1, -0.05) is 29.4 Å². The van der Waals surface area contributed by atoms with Crippen molar-refractivity contribution in [3.8, 4) is 0 Å². The van der Waals surface area contributed by atoms with Crippen molar-refractivity contribution in [2.75, 3.05) is 13.2 Å². The summed E-state index contributed by atoms with van der Waals surface area (Å²) in [7, 11) is 0. The number of rotatable bonds is 6. The van der Waals surface area contributed by atoms with E-state index in [9.17, 15) is 0 Å². The molecule has 0 radical (unpaired) electrons. The average molecular weight is 251 g/mol. The molecule has 5 nitrogen and oxygen atoms in total. The number of amidine groups is 1. The Hall–Kier alpha value is -1.59. The summed E-state index contributed by atoms with van der Waals surface area (Å²) in [6, 6.07) is 7.85. The van der Waals surface area contributed by atoms with Gasteiger partial charge in [0.1, 0.15) is 0 Å². The minimum atomic E-state index is 0.110. The predicted octanol–water partition coefficient (Wildman–Crippen LogP) is 0.984. The number of benzene rings is 1. The van der Waals surface area contributed by atoms with Gasteiger partial charge in [0.05, 0.1) is 6.61 Å². The third-order valence-corrected chi connectivity index (χ3v) is 2.89. The predicted molar refractivity (Wildman–Crippen MR) is 71.6 cm³/mol. The summed E-state index contributed by atoms with van der Waals surface area (Å²) in [5, 5.41) is 20.9. The van der Waals surface area contributed by atoms with E-state index in [1.807, 2.05) is 24.3 Å². The summed E-state index contributed by atoms with van der Waals surface area (Å²) in [5.74, 6) is 0.110. The molecule has 4 N–H and O–H groups in total. The highest BCUT2D eigenvalue weighted by Crippen LogP contribution is 2.13. The van der Waals surface area contributed by atoms with Crippen molar-refractivity contribution in [2.24, 2.45) is 10.9 Å². The lowest BCUT2D eigenvalue weighted by Gasteiger charge is -2.26. The number of nitrogens with two attached hydrogens (primary N) is 1. The molecule has 1 aromatic carbocycles. The second kappa shape index (κ2) is 6.98. The van der Waals surface area contributed by atoms with Crippen LogP contribution < -0.4 is 5.73 Å². The maximum absolute atomic E-state index is 9.06. The third kappa shape index (κ3) is 3.72. The molecule has 18 heavy (non-hydrogen) atoms. The summed E-state index contributed by atoms with van der Waals surface area (Å²) >= 11 is 0. The van der Waals surface area contributed by atoms with Gasteiger partial charge in [0.2, 0.25) is 0 Å². The second-order valence-electron chi connectivity index (χ2n) is 4.43. The van der Waals surface area contributed by atoms with Crippen LogP contribution in [-0.4, -0.2) is 40.2 Å². The maximum Gasteiger partial charge on any atom is 0.170 e. The zero-order valence-corrected chi connectivity index (χ0v) is 10.9. The molecule has 1 aromatic rings. The Bertz CT molecular complexity index is 405. The van der Waals surface area contributed by atoms with E-state index in [-0.39, 0.29) is 12.4 Å². The van der Waals surface area contributed by atoms with Crippen LogP contribution in [0.4, 0.5) is 0 Å². The summed E-state index contributed by atoms with van der Waals surface area (Å²) in [4.78, 5) is 2.13. The van der Waals surface area contributed by atoms with Crippen molar-refractivity contribution in [3.05, 3.63) is 35.4 Å². The Morgan fingerprint density at radius 1 is 1.39 bits per heavy atom. The molecular formula is C13H21N3O2. The van der Waals surface area contributed by atoms with Crippen LogP contribution in [0.1, 0.15) is 25.0 Å². The minimum absolute atomic E-state index is 0.110. The van der Waals surface area contributed by atoms with E-state index >= 15 is 0 Å². The van der Waals surface area contributed by atoms with Crippen molar-refractivity contribution in [2.45, 2.75) is 26.4 Å². The zero-order valence-electron chi connectivity index (χ0n) is 10.9. The molecule has 100 valence electrons. The van der Waals surface area contributed by atoms with E-state index in [0.717, 1.165) is 11.1 Å². The Kier molecular flexibility index (Phi) is 5.61. The van der Waals surface area contributed by atoms with E-state index in [0.29, 0.717) is 19.1 Å². The van der Waals surface area contributed by atoms with E-state index in [4.69, 9.17) is 16.0 Å². The fourth-order valence-corrected chi connectivity index (χ4v) is 1.83. The van der Waals surface area contributed by atoms with Crippen molar-refractivity contribution in [1.82, 2.24) is 4.90 Å². The number of oxime groups is 1. The van der Waals surface area contributed by atoms with Crippen LogP contribution in [0.15, 0.2) is 29.4 Å². The monoisotopic (exact) mass is 251 g/mol. The molecule has 0 aromatic heterocycles. The van der Waals surface area contributed by atoms with Crippen molar-refractivity contribution in [1.29, 1.82) is 0 Å². The smallest absolute Gasteiger partial charge is 0.170 e. The van der Waals surface area contributed by atoms with Gasteiger partial charge in [0.25, 0.3) is 0 Å². The molecule has 0 aliphatic heterocycles. The lowest BCUT2D eigenvalue weighted by atomic mass is 10.1. The van der Waals surface area contributed by atoms with E-state index in [1.54, 1.807) is 0 Å². The van der Waals surface area contributed by atoms with Gasteiger partial charge in [-0.2, -0.15) is 0 Å². The second-order valence-corrected chi connectivity index (χ2v) is 4.43. The molecule has 0 fully saturated rings. The van der Waals surface area contributed by atoms with Crippen molar-refractivity contribution < 1.29 is 10.3 Å². The van der Waals surface area contributed by atoms with Crippen LogP contribution >= 0.6 is 0 Å². The molecule has 0 unspecified atom stereocenters. The topological polar surface area (TPSA) is 82.1 Å². The molecule has 0 amide bonds. The Morgan fingerprint density at radius 2 is 2.06 bits per heavy atom. The van der Waals surface area contributed by atoms with Crippen LogP contribution in [0.2, 0.25) is 0 Å². The molecule has 5 heteroatoms. The van der Waals surface area contributed by atoms with Gasteiger partial charge in [-0.15, -0.1) is 0 Å². The number of hydrogen-bond acceptors (Lipinski definition) is 4. The lowest BCUT2D eigenvalue weighted by Crippen LogP contribution is -2.33. The Labute approximate surface area is 108 Å². The molecular weight excluding hydrogens is 230 g/mol. The van der Waals surface area contributed by atoms with Crippen LogP contribution in [0.3, 0.4) is 0 Å². The zero-order chi connectivity index (χ0) is 13.5. The highest BCUT2D eigenvalue weighted by Gasteiger charge is 2.13. The first kappa shape index (κ1) is 14.5. The summed E-state index contributed by atoms with van der Waals surface area (Å²) in [6.07, 6.45) is 0. The van der Waals surface area contributed by atoms with E-state index < -0.39 is 0 Å². The fraction of sp³-hybridized carbons (Fsp3) is 0.462. The molecule has 0 bridgehead atoms. The highest BCUT2D eigenvalue weighted by molar-refractivity contribution is 5.98. The Morgan fingerprint density at radius 3 is 2.61 bits per heavy atom. The van der Waals surface area contributed by atoms with E-state index in [2.05, 4.69) is 23.9 Å². The van der Waals surface area contributed by atoms with Gasteiger partial charge in [0, 0.05) is 24.7 Å². The number of nitrogens with zero attached hydrogens (tertiary/aromatic N) is 2. The molecule has 0 heterocycles. The van der Waals surface area contributed by atoms with Gasteiger partial charge in [-0.05, 0) is 19.4 Å². The largest absolute Gasteiger partial charge is 0.409 e. The van der Waals surface area contributed by atoms with Crippen LogP contribution in [0.25, 0.3) is 0 Å². The summed E-state index contributed by atoms with van der Waals surface area (Å²) < 4.78 is 0. The number of aliphatic hydroxyl groups excluding tert-OH is 1. The normalized spacial score (nSPS) is 12.4. The molecule has 0 aliphatic carbocycles. The quantitative estimate of drug-likeness (QED) is 0.305. The SMILES string of the molecule is CC(C)N(CCO)Cc1ccccc1C(N)=NO. The average Bonchev–Trinajstić information content (AvgIpc) is 2.37. The lowest BCUT2D eigenvalue weighted by molar-refractivity contribution is 0.159. The van der Waals surface area contributed by atoms with E-state index in [1.165, 1.54) is 0 Å². The molecule has 0 atom stereocenters. The molecule has 0 saturated carbocycles.